The molecule has 169 valence electrons. The van der Waals surface area contributed by atoms with Gasteiger partial charge in [0, 0.05) is 14.7 Å². The quantitative estimate of drug-likeness (QED) is 0.329. The Hall–Kier alpha value is -1.12. The summed E-state index contributed by atoms with van der Waals surface area (Å²) in [6, 6.07) is 7.25. The maximum atomic E-state index is 14.0. The number of benzene rings is 1. The molecule has 2 aliphatic heterocycles. The summed E-state index contributed by atoms with van der Waals surface area (Å²) in [6.45, 7) is 3.79. The topological polar surface area (TPSA) is 27.7 Å². The SMILES string of the molecule is CCCCC1COC(CC[Si]2CCC(c3ccc(OC(F)(F)F)c(F)c3)CC2)OC1. The molecule has 0 aromatic heterocycles. The van der Waals surface area contributed by atoms with Crippen molar-refractivity contribution in [3.8, 4) is 5.75 Å². The largest absolute Gasteiger partial charge is 0.573 e. The van der Waals surface area contributed by atoms with Crippen molar-refractivity contribution in [2.75, 3.05) is 13.2 Å². The third kappa shape index (κ3) is 7.23. The van der Waals surface area contributed by atoms with Gasteiger partial charge in [-0.3, -0.25) is 0 Å². The Morgan fingerprint density at radius 3 is 2.40 bits per heavy atom. The van der Waals surface area contributed by atoms with Gasteiger partial charge < -0.3 is 14.2 Å². The summed E-state index contributed by atoms with van der Waals surface area (Å²) in [4.78, 5) is 0. The number of halogens is 4. The third-order valence-corrected chi connectivity index (χ3v) is 9.07. The second-order valence-electron chi connectivity index (χ2n) is 8.41. The smallest absolute Gasteiger partial charge is 0.403 e. The second kappa shape index (κ2) is 11.0. The standard InChI is InChI=1S/C22H31F4O3Si/c1-2-3-4-16-14-27-21(28-15-16)9-12-30-10-7-17(8-11-30)18-5-6-20(19(23)13-18)29-22(24,25)26/h5-6,13,16-17,21H,2-4,7-12,14-15H2,1H3. The van der Waals surface area contributed by atoms with Crippen LogP contribution in [-0.4, -0.2) is 34.7 Å². The normalized spacial score (nSPS) is 24.2. The molecule has 3 rings (SSSR count). The first-order chi connectivity index (χ1) is 14.3. The molecule has 2 fully saturated rings. The van der Waals surface area contributed by atoms with E-state index in [1.165, 1.54) is 25.3 Å². The molecule has 0 N–H and O–H groups in total. The van der Waals surface area contributed by atoms with Crippen LogP contribution in [0.4, 0.5) is 17.6 Å². The Labute approximate surface area is 177 Å². The lowest BCUT2D eigenvalue weighted by atomic mass is 9.93. The molecule has 0 unspecified atom stereocenters. The minimum absolute atomic E-state index is 0.0756. The van der Waals surface area contributed by atoms with Gasteiger partial charge in [-0.1, -0.05) is 44.0 Å². The number of rotatable bonds is 8. The van der Waals surface area contributed by atoms with Crippen molar-refractivity contribution in [1.29, 1.82) is 0 Å². The van der Waals surface area contributed by atoms with Crippen molar-refractivity contribution in [1.82, 2.24) is 0 Å². The average molecular weight is 448 g/mol. The Kier molecular flexibility index (Phi) is 8.59. The van der Waals surface area contributed by atoms with Gasteiger partial charge in [0.15, 0.2) is 17.9 Å². The molecule has 0 aliphatic carbocycles. The fourth-order valence-corrected chi connectivity index (χ4v) is 7.23. The summed E-state index contributed by atoms with van der Waals surface area (Å²) < 4.78 is 66.4. The van der Waals surface area contributed by atoms with E-state index >= 15 is 0 Å². The molecular weight excluding hydrogens is 416 g/mol. The molecule has 2 saturated heterocycles. The molecule has 0 saturated carbocycles. The van der Waals surface area contributed by atoms with Crippen LogP contribution >= 0.6 is 0 Å². The van der Waals surface area contributed by atoms with Gasteiger partial charge in [-0.25, -0.2) is 4.39 Å². The highest BCUT2D eigenvalue weighted by atomic mass is 28.3. The zero-order chi connectivity index (χ0) is 21.6. The van der Waals surface area contributed by atoms with Crippen LogP contribution < -0.4 is 4.74 Å². The van der Waals surface area contributed by atoms with Crippen molar-refractivity contribution >= 4 is 8.80 Å². The van der Waals surface area contributed by atoms with Crippen LogP contribution in [-0.2, 0) is 9.47 Å². The van der Waals surface area contributed by atoms with Gasteiger partial charge in [0.2, 0.25) is 0 Å². The molecule has 8 heteroatoms. The first kappa shape index (κ1) is 23.5. The van der Waals surface area contributed by atoms with E-state index in [-0.39, 0.29) is 12.2 Å². The van der Waals surface area contributed by atoms with E-state index in [4.69, 9.17) is 9.47 Å². The molecule has 30 heavy (non-hydrogen) atoms. The van der Waals surface area contributed by atoms with Crippen molar-refractivity contribution in [3.63, 3.8) is 0 Å². The highest BCUT2D eigenvalue weighted by Crippen LogP contribution is 2.37. The molecule has 0 spiro atoms. The zero-order valence-electron chi connectivity index (χ0n) is 17.5. The first-order valence-electron chi connectivity index (χ1n) is 11.0. The van der Waals surface area contributed by atoms with Gasteiger partial charge >= 0.3 is 6.36 Å². The van der Waals surface area contributed by atoms with E-state index in [1.54, 1.807) is 6.07 Å². The minimum Gasteiger partial charge on any atom is -0.403 e. The Morgan fingerprint density at radius 1 is 1.10 bits per heavy atom. The van der Waals surface area contributed by atoms with Crippen LogP contribution in [0.25, 0.3) is 0 Å². The number of hydrogen-bond acceptors (Lipinski definition) is 3. The van der Waals surface area contributed by atoms with Gasteiger partial charge in [0.05, 0.1) is 13.2 Å². The van der Waals surface area contributed by atoms with Crippen molar-refractivity contribution in [2.45, 2.75) is 82.2 Å². The first-order valence-corrected chi connectivity index (χ1v) is 13.1. The van der Waals surface area contributed by atoms with Crippen molar-refractivity contribution in [3.05, 3.63) is 29.6 Å². The van der Waals surface area contributed by atoms with Crippen LogP contribution in [0.5, 0.6) is 5.75 Å². The molecule has 0 atom stereocenters. The summed E-state index contributed by atoms with van der Waals surface area (Å²) in [6.07, 6.45) is 1.49. The van der Waals surface area contributed by atoms with Gasteiger partial charge in [-0.2, -0.15) is 0 Å². The highest BCUT2D eigenvalue weighted by molar-refractivity contribution is 6.59. The van der Waals surface area contributed by atoms with Crippen LogP contribution in [0.3, 0.4) is 0 Å². The molecule has 1 aromatic carbocycles. The van der Waals surface area contributed by atoms with Gasteiger partial charge in [0.1, 0.15) is 0 Å². The van der Waals surface area contributed by atoms with Crippen LogP contribution in [0.1, 0.15) is 56.9 Å². The number of hydrogen-bond donors (Lipinski definition) is 0. The van der Waals surface area contributed by atoms with Crippen molar-refractivity contribution in [2.24, 2.45) is 5.92 Å². The van der Waals surface area contributed by atoms with Gasteiger partial charge in [-0.15, -0.1) is 13.2 Å². The lowest BCUT2D eigenvalue weighted by molar-refractivity contribution is -0.275. The number of ether oxygens (including phenoxy) is 3. The van der Waals surface area contributed by atoms with E-state index in [2.05, 4.69) is 11.7 Å². The predicted molar refractivity (Wildman–Crippen MR) is 109 cm³/mol. The summed E-state index contributed by atoms with van der Waals surface area (Å²) in [5.74, 6) is -0.991. The van der Waals surface area contributed by atoms with E-state index in [9.17, 15) is 17.6 Å². The van der Waals surface area contributed by atoms with Gasteiger partial charge in [0.25, 0.3) is 0 Å². The highest BCUT2D eigenvalue weighted by Gasteiger charge is 2.33. The molecule has 0 bridgehead atoms. The monoisotopic (exact) mass is 447 g/mol. The van der Waals surface area contributed by atoms with Crippen LogP contribution in [0.2, 0.25) is 18.1 Å². The maximum absolute atomic E-state index is 14.0. The minimum atomic E-state index is -4.88. The van der Waals surface area contributed by atoms with E-state index in [0.29, 0.717) is 5.92 Å². The van der Waals surface area contributed by atoms with E-state index in [1.807, 2.05) is 0 Å². The zero-order valence-corrected chi connectivity index (χ0v) is 18.5. The van der Waals surface area contributed by atoms with Crippen LogP contribution in [0.15, 0.2) is 18.2 Å². The molecule has 2 heterocycles. The van der Waals surface area contributed by atoms with Gasteiger partial charge in [-0.05, 0) is 49.3 Å². The molecule has 1 radical (unpaired) electrons. The summed E-state index contributed by atoms with van der Waals surface area (Å²) in [5, 5.41) is 0. The maximum Gasteiger partial charge on any atom is 0.573 e. The average Bonchev–Trinajstić information content (AvgIpc) is 2.72. The van der Waals surface area contributed by atoms with E-state index < -0.39 is 26.7 Å². The molecule has 1 aromatic rings. The Balaban J connectivity index is 1.38. The fourth-order valence-electron chi connectivity index (χ4n) is 4.32. The molecule has 2 aliphatic rings. The molecule has 3 nitrogen and oxygen atoms in total. The Morgan fingerprint density at radius 2 is 1.80 bits per heavy atom. The fraction of sp³-hybridized carbons (Fsp3) is 0.727. The summed E-state index contributed by atoms with van der Waals surface area (Å²) >= 11 is 0. The van der Waals surface area contributed by atoms with E-state index in [0.717, 1.165) is 62.2 Å². The van der Waals surface area contributed by atoms with Crippen LogP contribution in [0, 0.1) is 11.7 Å². The third-order valence-electron chi connectivity index (χ3n) is 6.08. The molecule has 0 amide bonds. The second-order valence-corrected chi connectivity index (χ2v) is 11.4. The lowest BCUT2D eigenvalue weighted by Gasteiger charge is -2.32. The molecular formula is C22H31F4O3Si. The number of unbranched alkanes of at least 4 members (excludes halogenated alkanes) is 1. The summed E-state index contributed by atoms with van der Waals surface area (Å²) in [5.41, 5.74) is 0.764. The Bertz CT molecular complexity index is 654. The number of alkyl halides is 3. The van der Waals surface area contributed by atoms with Crippen molar-refractivity contribution < 1.29 is 31.8 Å². The lowest BCUT2D eigenvalue weighted by Crippen LogP contribution is -2.33. The predicted octanol–water partition coefficient (Wildman–Crippen LogP) is 6.67. The summed E-state index contributed by atoms with van der Waals surface area (Å²) in [7, 11) is -0.483.